The molecule has 3 N–H and O–H groups in total. The largest absolute Gasteiger partial charge is 0.370 e. The van der Waals surface area contributed by atoms with Crippen LogP contribution in [0.15, 0.2) is 30.3 Å². The highest BCUT2D eigenvalue weighted by molar-refractivity contribution is 6.39. The van der Waals surface area contributed by atoms with Gasteiger partial charge in [0.25, 0.3) is 11.8 Å². The molecule has 2 amide bonds. The van der Waals surface area contributed by atoms with Gasteiger partial charge in [0.2, 0.25) is 0 Å². The van der Waals surface area contributed by atoms with Crippen molar-refractivity contribution < 1.29 is 19.2 Å². The first-order valence-electron chi connectivity index (χ1n) is 9.30. The number of rotatable bonds is 6. The summed E-state index contributed by atoms with van der Waals surface area (Å²) in [5.41, 5.74) is 0.533. The second-order valence-corrected chi connectivity index (χ2v) is 8.44. The van der Waals surface area contributed by atoms with E-state index in [0.29, 0.717) is 11.6 Å². The monoisotopic (exact) mass is 490 g/mol. The lowest BCUT2D eigenvalue weighted by Crippen LogP contribution is -3.14. The van der Waals surface area contributed by atoms with Crippen LogP contribution in [0.4, 0.5) is 5.69 Å². The third-order valence-electron chi connectivity index (χ3n) is 4.68. The van der Waals surface area contributed by atoms with Crippen molar-refractivity contribution in [2.24, 2.45) is 0 Å². The molecule has 0 aromatic heterocycles. The molecule has 1 saturated heterocycles. The molecule has 160 valence electrons. The lowest BCUT2D eigenvalue weighted by atomic mass is 10.1. The number of hydrogen-bond acceptors (Lipinski definition) is 3. The predicted octanol–water partition coefficient (Wildman–Crippen LogP) is 3.20. The fourth-order valence-electron chi connectivity index (χ4n) is 3.09. The van der Waals surface area contributed by atoms with E-state index in [9.17, 15) is 9.59 Å². The molecular weight excluding hydrogens is 472 g/mol. The maximum absolute atomic E-state index is 12.8. The Morgan fingerprint density at radius 1 is 0.900 bits per heavy atom. The van der Waals surface area contributed by atoms with Crippen molar-refractivity contribution in [3.63, 3.8) is 0 Å². The number of carbonyl (C=O) groups is 2. The van der Waals surface area contributed by atoms with Gasteiger partial charge in [0, 0.05) is 10.0 Å². The summed E-state index contributed by atoms with van der Waals surface area (Å²) in [6, 6.07) is 7.42. The van der Waals surface area contributed by atoms with Crippen molar-refractivity contribution in [1.82, 2.24) is 5.32 Å². The number of ether oxygens (including phenoxy) is 1. The molecule has 0 radical (unpaired) electrons. The van der Waals surface area contributed by atoms with Gasteiger partial charge < -0.3 is 20.3 Å². The molecule has 1 aliphatic heterocycles. The van der Waals surface area contributed by atoms with E-state index in [1.807, 2.05) is 0 Å². The maximum atomic E-state index is 12.8. The van der Waals surface area contributed by atoms with E-state index in [1.165, 1.54) is 29.2 Å². The van der Waals surface area contributed by atoms with Crippen molar-refractivity contribution >= 4 is 63.9 Å². The molecule has 10 heteroatoms. The Morgan fingerprint density at radius 2 is 1.60 bits per heavy atom. The zero-order valence-corrected chi connectivity index (χ0v) is 18.9. The minimum atomic E-state index is -0.521. The van der Waals surface area contributed by atoms with Crippen molar-refractivity contribution in [3.05, 3.63) is 61.5 Å². The molecule has 1 aliphatic rings. The van der Waals surface area contributed by atoms with Gasteiger partial charge in [-0.05, 0) is 30.3 Å². The van der Waals surface area contributed by atoms with Gasteiger partial charge >= 0.3 is 0 Å². The van der Waals surface area contributed by atoms with Crippen LogP contribution in [0.1, 0.15) is 20.7 Å². The molecular formula is C20H20Cl4N3O3+. The van der Waals surface area contributed by atoms with Crippen molar-refractivity contribution in [2.45, 2.75) is 0 Å². The molecule has 3 rings (SSSR count). The van der Waals surface area contributed by atoms with Gasteiger partial charge in [0.05, 0.1) is 53.2 Å². The average molecular weight is 492 g/mol. The van der Waals surface area contributed by atoms with E-state index >= 15 is 0 Å². The number of anilines is 1. The van der Waals surface area contributed by atoms with Gasteiger partial charge in [-0.2, -0.15) is 0 Å². The normalized spacial score (nSPS) is 14.4. The highest BCUT2D eigenvalue weighted by Crippen LogP contribution is 2.31. The summed E-state index contributed by atoms with van der Waals surface area (Å²) in [5.74, 6) is -0.905. The lowest BCUT2D eigenvalue weighted by Gasteiger charge is -2.23. The van der Waals surface area contributed by atoms with Crippen LogP contribution in [0.3, 0.4) is 0 Å². The third kappa shape index (κ3) is 6.00. The first-order chi connectivity index (χ1) is 14.3. The summed E-state index contributed by atoms with van der Waals surface area (Å²) in [6.45, 7) is 4.48. The fraction of sp³-hybridized carbons (Fsp3) is 0.300. The van der Waals surface area contributed by atoms with Gasteiger partial charge in [-0.15, -0.1) is 0 Å². The Kier molecular flexibility index (Phi) is 8.22. The summed E-state index contributed by atoms with van der Waals surface area (Å²) >= 11 is 24.4. The number of quaternary nitrogens is 1. The first-order valence-corrected chi connectivity index (χ1v) is 10.8. The van der Waals surface area contributed by atoms with E-state index in [1.54, 1.807) is 6.07 Å². The van der Waals surface area contributed by atoms with Gasteiger partial charge in [-0.3, -0.25) is 9.59 Å². The van der Waals surface area contributed by atoms with Crippen LogP contribution in [0.25, 0.3) is 0 Å². The van der Waals surface area contributed by atoms with Crippen LogP contribution in [0.5, 0.6) is 0 Å². The van der Waals surface area contributed by atoms with E-state index in [0.717, 1.165) is 32.8 Å². The Balaban J connectivity index is 1.74. The summed E-state index contributed by atoms with van der Waals surface area (Å²) in [6.07, 6.45) is 0. The molecule has 1 heterocycles. The first kappa shape index (κ1) is 23.1. The molecule has 2 aromatic carbocycles. The number of amides is 2. The highest BCUT2D eigenvalue weighted by atomic mass is 35.5. The smallest absolute Gasteiger partial charge is 0.257 e. The standard InChI is InChI=1S/C20H19Cl4N3O3/c21-12-1-2-14(16(23)10-12)20(29)26-18-15(9-13(22)11-17(18)24)19(28)25-3-4-27-5-7-30-8-6-27/h1-2,9-11H,3-8H2,(H,25,28)(H,26,29)/p+1. The zero-order chi connectivity index (χ0) is 21.7. The average Bonchev–Trinajstić information content (AvgIpc) is 2.70. The maximum Gasteiger partial charge on any atom is 0.257 e. The van der Waals surface area contributed by atoms with Gasteiger partial charge in [-0.25, -0.2) is 0 Å². The number of nitrogens with one attached hydrogen (secondary N) is 3. The minimum absolute atomic E-state index is 0.143. The number of benzene rings is 2. The third-order valence-corrected chi connectivity index (χ3v) is 5.74. The number of morpholine rings is 1. The molecule has 30 heavy (non-hydrogen) atoms. The quantitative estimate of drug-likeness (QED) is 0.581. The number of carbonyl (C=O) groups excluding carboxylic acids is 2. The number of halogens is 4. The lowest BCUT2D eigenvalue weighted by molar-refractivity contribution is -0.906. The summed E-state index contributed by atoms with van der Waals surface area (Å²) in [7, 11) is 0. The summed E-state index contributed by atoms with van der Waals surface area (Å²) < 4.78 is 5.33. The Morgan fingerprint density at radius 3 is 2.30 bits per heavy atom. The predicted molar refractivity (Wildman–Crippen MR) is 120 cm³/mol. The van der Waals surface area contributed by atoms with Crippen molar-refractivity contribution in [2.75, 3.05) is 44.7 Å². The topological polar surface area (TPSA) is 71.9 Å². The highest BCUT2D eigenvalue weighted by Gasteiger charge is 2.21. The molecule has 1 fully saturated rings. The van der Waals surface area contributed by atoms with Crippen molar-refractivity contribution in [1.29, 1.82) is 0 Å². The Hall–Kier alpha value is -1.54. The second kappa shape index (κ2) is 10.7. The number of hydrogen-bond donors (Lipinski definition) is 3. The SMILES string of the molecule is O=C(Nc1c(Cl)cc(Cl)cc1C(=O)NCC[NH+]1CCOCC1)c1ccc(Cl)cc1Cl. The van der Waals surface area contributed by atoms with Crippen LogP contribution in [-0.4, -0.2) is 51.2 Å². The van der Waals surface area contributed by atoms with Crippen LogP contribution >= 0.6 is 46.4 Å². The molecule has 6 nitrogen and oxygen atoms in total. The van der Waals surface area contributed by atoms with Crippen molar-refractivity contribution in [3.8, 4) is 0 Å². The minimum Gasteiger partial charge on any atom is -0.370 e. The van der Waals surface area contributed by atoms with Crippen LogP contribution in [0, 0.1) is 0 Å². The molecule has 0 saturated carbocycles. The van der Waals surface area contributed by atoms with Crippen LogP contribution < -0.4 is 15.5 Å². The Bertz CT molecular complexity index is 949. The fourth-order valence-corrected chi connectivity index (χ4v) is 4.13. The summed E-state index contributed by atoms with van der Waals surface area (Å²) in [5, 5.41) is 6.54. The second-order valence-electron chi connectivity index (χ2n) is 6.76. The van der Waals surface area contributed by atoms with Crippen LogP contribution in [0.2, 0.25) is 20.1 Å². The molecule has 0 atom stereocenters. The molecule has 0 spiro atoms. The molecule has 0 bridgehead atoms. The van der Waals surface area contributed by atoms with E-state index in [-0.39, 0.29) is 37.8 Å². The van der Waals surface area contributed by atoms with E-state index < -0.39 is 5.91 Å². The van der Waals surface area contributed by atoms with Gasteiger partial charge in [0.15, 0.2) is 0 Å². The van der Waals surface area contributed by atoms with E-state index in [4.69, 9.17) is 51.1 Å². The van der Waals surface area contributed by atoms with Gasteiger partial charge in [-0.1, -0.05) is 46.4 Å². The Labute approximate surface area is 194 Å². The molecule has 0 unspecified atom stereocenters. The molecule has 2 aromatic rings. The zero-order valence-electron chi connectivity index (χ0n) is 15.9. The summed E-state index contributed by atoms with van der Waals surface area (Å²) in [4.78, 5) is 26.8. The van der Waals surface area contributed by atoms with Gasteiger partial charge in [0.1, 0.15) is 13.1 Å². The molecule has 0 aliphatic carbocycles. The van der Waals surface area contributed by atoms with E-state index in [2.05, 4.69) is 10.6 Å². The van der Waals surface area contributed by atoms with Crippen LogP contribution in [-0.2, 0) is 4.74 Å².